The van der Waals surface area contributed by atoms with Gasteiger partial charge in [-0.05, 0) is 50.2 Å². The van der Waals surface area contributed by atoms with Crippen LogP contribution in [0.15, 0.2) is 22.8 Å². The fourth-order valence-electron chi connectivity index (χ4n) is 3.43. The summed E-state index contributed by atoms with van der Waals surface area (Å²) in [4.78, 5) is 0. The molecule has 1 saturated carbocycles. The standard InChI is InChI=1S/C17H29NO/c1-13(2)16-8-4-5-9-17(16)18-14(3)10-11-15-7-6-12-19-15/h6-7,12-14,16-18H,4-5,8-11H2,1-3H3. The molecule has 3 unspecified atom stereocenters. The first-order valence-electron chi connectivity index (χ1n) is 7.95. The smallest absolute Gasteiger partial charge is 0.103 e. The Hall–Kier alpha value is -0.760. The minimum absolute atomic E-state index is 0.578. The first kappa shape index (κ1) is 14.6. The minimum atomic E-state index is 0.578. The zero-order valence-electron chi connectivity index (χ0n) is 12.7. The van der Waals surface area contributed by atoms with E-state index in [4.69, 9.17) is 4.42 Å². The molecule has 1 fully saturated rings. The lowest BCUT2D eigenvalue weighted by molar-refractivity contribution is 0.192. The second-order valence-corrected chi connectivity index (χ2v) is 6.48. The van der Waals surface area contributed by atoms with Crippen molar-refractivity contribution in [2.24, 2.45) is 11.8 Å². The van der Waals surface area contributed by atoms with Crippen molar-refractivity contribution in [2.75, 3.05) is 0 Å². The monoisotopic (exact) mass is 263 g/mol. The summed E-state index contributed by atoms with van der Waals surface area (Å²) in [6, 6.07) is 5.35. The summed E-state index contributed by atoms with van der Waals surface area (Å²) in [6.07, 6.45) is 9.54. The molecule has 0 aromatic carbocycles. The van der Waals surface area contributed by atoms with Crippen LogP contribution in [0.2, 0.25) is 0 Å². The van der Waals surface area contributed by atoms with Gasteiger partial charge in [0, 0.05) is 18.5 Å². The highest BCUT2D eigenvalue weighted by Crippen LogP contribution is 2.30. The summed E-state index contributed by atoms with van der Waals surface area (Å²) in [5.74, 6) is 2.77. The van der Waals surface area contributed by atoms with Crippen molar-refractivity contribution in [2.45, 2.75) is 71.4 Å². The number of aryl methyl sites for hydroxylation is 1. The van der Waals surface area contributed by atoms with Crippen molar-refractivity contribution < 1.29 is 4.42 Å². The lowest BCUT2D eigenvalue weighted by atomic mass is 9.77. The van der Waals surface area contributed by atoms with E-state index in [0.717, 1.165) is 36.5 Å². The molecule has 2 nitrogen and oxygen atoms in total. The highest BCUT2D eigenvalue weighted by Gasteiger charge is 2.28. The predicted octanol–water partition coefficient (Wildman–Crippen LogP) is 4.41. The van der Waals surface area contributed by atoms with Gasteiger partial charge in [0.1, 0.15) is 5.76 Å². The fourth-order valence-corrected chi connectivity index (χ4v) is 3.43. The van der Waals surface area contributed by atoms with Crippen LogP contribution >= 0.6 is 0 Å². The van der Waals surface area contributed by atoms with Gasteiger partial charge < -0.3 is 9.73 Å². The van der Waals surface area contributed by atoms with Crippen LogP contribution in [-0.4, -0.2) is 12.1 Å². The van der Waals surface area contributed by atoms with E-state index in [0.29, 0.717) is 6.04 Å². The average Bonchev–Trinajstić information content (AvgIpc) is 2.90. The maximum absolute atomic E-state index is 5.41. The third-order valence-electron chi connectivity index (χ3n) is 4.58. The summed E-state index contributed by atoms with van der Waals surface area (Å²) in [5.41, 5.74) is 0. The van der Waals surface area contributed by atoms with Gasteiger partial charge in [0.25, 0.3) is 0 Å². The predicted molar refractivity (Wildman–Crippen MR) is 80.2 cm³/mol. The maximum atomic E-state index is 5.41. The van der Waals surface area contributed by atoms with E-state index >= 15 is 0 Å². The Morgan fingerprint density at radius 2 is 2.05 bits per heavy atom. The molecule has 0 saturated heterocycles. The Bertz CT molecular complexity index is 344. The Morgan fingerprint density at radius 3 is 2.74 bits per heavy atom. The molecule has 0 bridgehead atoms. The molecule has 19 heavy (non-hydrogen) atoms. The summed E-state index contributed by atoms with van der Waals surface area (Å²) >= 11 is 0. The van der Waals surface area contributed by atoms with Gasteiger partial charge in [0.2, 0.25) is 0 Å². The molecular weight excluding hydrogens is 234 g/mol. The van der Waals surface area contributed by atoms with Crippen LogP contribution < -0.4 is 5.32 Å². The fraction of sp³-hybridized carbons (Fsp3) is 0.765. The number of nitrogens with one attached hydrogen (secondary N) is 1. The zero-order valence-corrected chi connectivity index (χ0v) is 12.7. The number of rotatable bonds is 6. The van der Waals surface area contributed by atoms with Gasteiger partial charge >= 0.3 is 0 Å². The number of hydrogen-bond acceptors (Lipinski definition) is 2. The topological polar surface area (TPSA) is 25.2 Å². The lowest BCUT2D eigenvalue weighted by Crippen LogP contribution is -2.45. The molecule has 1 heterocycles. The molecule has 1 aromatic heterocycles. The van der Waals surface area contributed by atoms with Crippen molar-refractivity contribution in [3.8, 4) is 0 Å². The highest BCUT2D eigenvalue weighted by molar-refractivity contribution is 4.98. The SMILES string of the molecule is CC(CCc1ccco1)NC1CCCCC1C(C)C. The maximum Gasteiger partial charge on any atom is 0.103 e. The molecule has 108 valence electrons. The Balaban J connectivity index is 1.78. The van der Waals surface area contributed by atoms with Crippen molar-refractivity contribution in [3.05, 3.63) is 24.2 Å². The Kier molecular flexibility index (Phi) is 5.50. The molecule has 0 spiro atoms. The van der Waals surface area contributed by atoms with E-state index in [1.165, 1.54) is 25.7 Å². The zero-order chi connectivity index (χ0) is 13.7. The normalized spacial score (nSPS) is 25.7. The first-order valence-corrected chi connectivity index (χ1v) is 7.95. The molecule has 3 atom stereocenters. The molecule has 2 rings (SSSR count). The van der Waals surface area contributed by atoms with E-state index in [2.05, 4.69) is 32.2 Å². The quantitative estimate of drug-likeness (QED) is 0.822. The first-order chi connectivity index (χ1) is 9.16. The van der Waals surface area contributed by atoms with Crippen LogP contribution in [0.4, 0.5) is 0 Å². The van der Waals surface area contributed by atoms with Gasteiger partial charge in [-0.2, -0.15) is 0 Å². The molecule has 1 aromatic rings. The van der Waals surface area contributed by atoms with Gasteiger partial charge in [-0.25, -0.2) is 0 Å². The van der Waals surface area contributed by atoms with Gasteiger partial charge in [0.05, 0.1) is 6.26 Å². The highest BCUT2D eigenvalue weighted by atomic mass is 16.3. The van der Waals surface area contributed by atoms with Crippen LogP contribution in [-0.2, 0) is 6.42 Å². The minimum Gasteiger partial charge on any atom is -0.469 e. The van der Waals surface area contributed by atoms with Crippen LogP contribution in [0.3, 0.4) is 0 Å². The van der Waals surface area contributed by atoms with E-state index < -0.39 is 0 Å². The molecule has 1 N–H and O–H groups in total. The third-order valence-corrected chi connectivity index (χ3v) is 4.58. The second kappa shape index (κ2) is 7.14. The summed E-state index contributed by atoms with van der Waals surface area (Å²) in [7, 11) is 0. The second-order valence-electron chi connectivity index (χ2n) is 6.48. The van der Waals surface area contributed by atoms with E-state index in [-0.39, 0.29) is 0 Å². The largest absolute Gasteiger partial charge is 0.469 e. The lowest BCUT2D eigenvalue weighted by Gasteiger charge is -2.37. The molecule has 2 heteroatoms. The Morgan fingerprint density at radius 1 is 1.26 bits per heavy atom. The van der Waals surface area contributed by atoms with E-state index in [1.807, 2.05) is 6.07 Å². The van der Waals surface area contributed by atoms with Crippen LogP contribution in [0.25, 0.3) is 0 Å². The summed E-state index contributed by atoms with van der Waals surface area (Å²) < 4.78 is 5.41. The summed E-state index contributed by atoms with van der Waals surface area (Å²) in [5, 5.41) is 3.87. The van der Waals surface area contributed by atoms with Gasteiger partial charge in [-0.3, -0.25) is 0 Å². The van der Waals surface area contributed by atoms with Gasteiger partial charge in [-0.1, -0.05) is 26.7 Å². The van der Waals surface area contributed by atoms with Crippen molar-refractivity contribution >= 4 is 0 Å². The molecule has 0 amide bonds. The molecule has 1 aliphatic carbocycles. The average molecular weight is 263 g/mol. The van der Waals surface area contributed by atoms with Crippen molar-refractivity contribution in [1.29, 1.82) is 0 Å². The van der Waals surface area contributed by atoms with Gasteiger partial charge in [0.15, 0.2) is 0 Å². The molecule has 0 aliphatic heterocycles. The van der Waals surface area contributed by atoms with Crippen LogP contribution in [0.5, 0.6) is 0 Å². The van der Waals surface area contributed by atoms with Crippen molar-refractivity contribution in [3.63, 3.8) is 0 Å². The van der Waals surface area contributed by atoms with Crippen molar-refractivity contribution in [1.82, 2.24) is 5.32 Å². The van der Waals surface area contributed by atoms with Crippen LogP contribution in [0.1, 0.15) is 58.6 Å². The Labute approximate surface area is 118 Å². The number of hydrogen-bond donors (Lipinski definition) is 1. The molecular formula is C17H29NO. The molecule has 0 radical (unpaired) electrons. The molecule has 1 aliphatic rings. The summed E-state index contributed by atoms with van der Waals surface area (Å²) in [6.45, 7) is 7.06. The van der Waals surface area contributed by atoms with Crippen LogP contribution in [0, 0.1) is 11.8 Å². The van der Waals surface area contributed by atoms with E-state index in [1.54, 1.807) is 6.26 Å². The van der Waals surface area contributed by atoms with Gasteiger partial charge in [-0.15, -0.1) is 0 Å². The third kappa shape index (κ3) is 4.38. The number of furan rings is 1. The van der Waals surface area contributed by atoms with E-state index in [9.17, 15) is 0 Å².